The van der Waals surface area contributed by atoms with E-state index in [0.29, 0.717) is 0 Å². The minimum absolute atomic E-state index is 0.0149. The van der Waals surface area contributed by atoms with Crippen LogP contribution >= 0.6 is 0 Å². The fourth-order valence-electron chi connectivity index (χ4n) is 2.45. The standard InChI is InChI=1S/C14H16N2O9S/c17-10-4-5-11(18)15(10)8-2-1-3-9(26(22,23)24)14(21)25-16-12(19)6-7-13(16)20/h4-5,9H,1-3,6-8H2,(H,22,23,24). The lowest BCUT2D eigenvalue weighted by atomic mass is 10.2. The van der Waals surface area contributed by atoms with E-state index in [0.717, 1.165) is 17.1 Å². The number of carbonyl (C=O) groups is 5. The number of carbonyl (C=O) groups excluding carboxylic acids is 5. The first-order valence-corrected chi connectivity index (χ1v) is 9.19. The van der Waals surface area contributed by atoms with Crippen LogP contribution in [0.25, 0.3) is 0 Å². The molecule has 0 aromatic carbocycles. The predicted molar refractivity (Wildman–Crippen MR) is 82.2 cm³/mol. The highest BCUT2D eigenvalue weighted by atomic mass is 32.2. The van der Waals surface area contributed by atoms with Gasteiger partial charge in [0.15, 0.2) is 5.25 Å². The van der Waals surface area contributed by atoms with Crippen molar-refractivity contribution in [2.45, 2.75) is 37.4 Å². The second-order valence-corrected chi connectivity index (χ2v) is 7.25. The SMILES string of the molecule is O=C(ON1C(=O)CCC1=O)C(CCCCN1C(=O)C=CC1=O)S(=O)(=O)O. The van der Waals surface area contributed by atoms with Crippen molar-refractivity contribution < 1.29 is 41.8 Å². The van der Waals surface area contributed by atoms with Crippen molar-refractivity contribution in [3.05, 3.63) is 12.2 Å². The minimum atomic E-state index is -4.85. The Morgan fingerprint density at radius 2 is 1.62 bits per heavy atom. The maximum atomic E-state index is 12.0. The second kappa shape index (κ2) is 7.74. The zero-order chi connectivity index (χ0) is 19.5. The van der Waals surface area contributed by atoms with Crippen molar-refractivity contribution in [2.75, 3.05) is 6.54 Å². The van der Waals surface area contributed by atoms with Gasteiger partial charge in [-0.1, -0.05) is 0 Å². The van der Waals surface area contributed by atoms with E-state index in [4.69, 9.17) is 0 Å². The van der Waals surface area contributed by atoms with Crippen molar-refractivity contribution in [3.63, 3.8) is 0 Å². The molecule has 142 valence electrons. The Hall–Kier alpha value is -2.60. The van der Waals surface area contributed by atoms with Gasteiger partial charge < -0.3 is 4.84 Å². The third-order valence-corrected chi connectivity index (χ3v) is 4.96. The first kappa shape index (κ1) is 19.7. The van der Waals surface area contributed by atoms with E-state index in [9.17, 15) is 36.9 Å². The highest BCUT2D eigenvalue weighted by Crippen LogP contribution is 2.17. The maximum absolute atomic E-state index is 12.0. The van der Waals surface area contributed by atoms with Gasteiger partial charge in [0.05, 0.1) is 0 Å². The summed E-state index contributed by atoms with van der Waals surface area (Å²) in [5.74, 6) is -4.00. The number of hydrogen-bond donors (Lipinski definition) is 1. The van der Waals surface area contributed by atoms with Gasteiger partial charge in [-0.05, 0) is 19.3 Å². The molecule has 1 unspecified atom stereocenters. The number of nitrogens with zero attached hydrogens (tertiary/aromatic N) is 2. The number of imide groups is 2. The molecule has 2 rings (SSSR count). The molecule has 0 spiro atoms. The fourth-order valence-corrected chi connectivity index (χ4v) is 3.20. The lowest BCUT2D eigenvalue weighted by Crippen LogP contribution is -2.39. The summed E-state index contributed by atoms with van der Waals surface area (Å²) >= 11 is 0. The molecular formula is C14H16N2O9S. The van der Waals surface area contributed by atoms with Crippen LogP contribution in [0.2, 0.25) is 0 Å². The van der Waals surface area contributed by atoms with Gasteiger partial charge in [-0.15, -0.1) is 5.06 Å². The van der Waals surface area contributed by atoms with E-state index < -0.39 is 45.0 Å². The van der Waals surface area contributed by atoms with Crippen molar-refractivity contribution in [2.24, 2.45) is 0 Å². The summed E-state index contributed by atoms with van der Waals surface area (Å²) in [5, 5.41) is -1.81. The van der Waals surface area contributed by atoms with E-state index in [1.165, 1.54) is 0 Å². The summed E-state index contributed by atoms with van der Waals surface area (Å²) in [6.07, 6.45) is 1.74. The molecule has 0 radical (unpaired) electrons. The molecular weight excluding hydrogens is 372 g/mol. The van der Waals surface area contributed by atoms with Crippen LogP contribution in [0, 0.1) is 0 Å². The molecule has 4 amide bonds. The second-order valence-electron chi connectivity index (χ2n) is 5.65. The first-order valence-electron chi connectivity index (χ1n) is 7.68. The molecule has 0 aromatic heterocycles. The van der Waals surface area contributed by atoms with Gasteiger partial charge in [0.25, 0.3) is 33.7 Å². The topological polar surface area (TPSA) is 155 Å². The Balaban J connectivity index is 1.90. The van der Waals surface area contributed by atoms with Crippen LogP contribution < -0.4 is 0 Å². The molecule has 0 aromatic rings. The van der Waals surface area contributed by atoms with Gasteiger partial charge in [-0.2, -0.15) is 8.42 Å². The number of rotatable bonds is 8. The molecule has 2 heterocycles. The molecule has 0 aliphatic carbocycles. The zero-order valence-corrected chi connectivity index (χ0v) is 14.3. The van der Waals surface area contributed by atoms with Gasteiger partial charge >= 0.3 is 5.97 Å². The third kappa shape index (κ3) is 4.52. The summed E-state index contributed by atoms with van der Waals surface area (Å²) < 4.78 is 32.0. The van der Waals surface area contributed by atoms with Crippen LogP contribution in [0.15, 0.2) is 12.2 Å². The van der Waals surface area contributed by atoms with Gasteiger partial charge in [0.2, 0.25) is 0 Å². The van der Waals surface area contributed by atoms with Crippen LogP contribution in [0.4, 0.5) is 0 Å². The van der Waals surface area contributed by atoms with E-state index >= 15 is 0 Å². The van der Waals surface area contributed by atoms with Gasteiger partial charge in [0.1, 0.15) is 0 Å². The molecule has 2 aliphatic heterocycles. The van der Waals surface area contributed by atoms with Gasteiger partial charge in [0, 0.05) is 31.5 Å². The quantitative estimate of drug-likeness (QED) is 0.311. The lowest BCUT2D eigenvalue weighted by Gasteiger charge is -2.18. The fraction of sp³-hybridized carbons (Fsp3) is 0.500. The van der Waals surface area contributed by atoms with Crippen LogP contribution in [-0.4, -0.2) is 64.3 Å². The summed E-state index contributed by atoms with van der Waals surface area (Å²) in [7, 11) is -4.85. The summed E-state index contributed by atoms with van der Waals surface area (Å²) in [4.78, 5) is 63.0. The highest BCUT2D eigenvalue weighted by molar-refractivity contribution is 7.87. The minimum Gasteiger partial charge on any atom is -0.329 e. The van der Waals surface area contributed by atoms with Crippen LogP contribution in [-0.2, 0) is 38.9 Å². The molecule has 1 atom stereocenters. The highest BCUT2D eigenvalue weighted by Gasteiger charge is 2.39. The number of unbranched alkanes of at least 4 members (excludes halogenated alkanes) is 1. The Morgan fingerprint density at radius 1 is 1.08 bits per heavy atom. The molecule has 1 N–H and O–H groups in total. The summed E-state index contributed by atoms with van der Waals surface area (Å²) in [6, 6.07) is 0. The Labute approximate surface area is 148 Å². The van der Waals surface area contributed by atoms with Crippen molar-refractivity contribution in [1.82, 2.24) is 9.96 Å². The normalized spacial score (nSPS) is 18.8. The number of hydroxylamine groups is 2. The van der Waals surface area contributed by atoms with E-state index in [-0.39, 0.29) is 43.7 Å². The van der Waals surface area contributed by atoms with Crippen molar-refractivity contribution in [1.29, 1.82) is 0 Å². The molecule has 11 nitrogen and oxygen atoms in total. The lowest BCUT2D eigenvalue weighted by molar-refractivity contribution is -0.197. The molecule has 0 saturated carbocycles. The molecule has 12 heteroatoms. The average molecular weight is 388 g/mol. The van der Waals surface area contributed by atoms with E-state index in [2.05, 4.69) is 4.84 Å². The predicted octanol–water partition coefficient (Wildman–Crippen LogP) is -1.05. The van der Waals surface area contributed by atoms with Crippen molar-refractivity contribution in [3.8, 4) is 0 Å². The molecule has 1 fully saturated rings. The Morgan fingerprint density at radius 3 is 2.12 bits per heavy atom. The van der Waals surface area contributed by atoms with Crippen LogP contribution in [0.5, 0.6) is 0 Å². The molecule has 26 heavy (non-hydrogen) atoms. The van der Waals surface area contributed by atoms with E-state index in [1.54, 1.807) is 0 Å². The number of amides is 4. The van der Waals surface area contributed by atoms with Gasteiger partial charge in [-0.3, -0.25) is 28.6 Å². The molecule has 1 saturated heterocycles. The molecule has 0 bridgehead atoms. The summed E-state index contributed by atoms with van der Waals surface area (Å²) in [5.41, 5.74) is 0. The monoisotopic (exact) mass is 388 g/mol. The maximum Gasteiger partial charge on any atom is 0.353 e. The largest absolute Gasteiger partial charge is 0.353 e. The smallest absolute Gasteiger partial charge is 0.329 e. The average Bonchev–Trinajstić information content (AvgIpc) is 3.02. The first-order chi connectivity index (χ1) is 12.1. The molecule has 2 aliphatic rings. The van der Waals surface area contributed by atoms with E-state index in [1.807, 2.05) is 0 Å². The Kier molecular flexibility index (Phi) is 5.87. The Bertz CT molecular complexity index is 752. The summed E-state index contributed by atoms with van der Waals surface area (Å²) in [6.45, 7) is 0.0149. The number of hydrogen-bond acceptors (Lipinski definition) is 8. The van der Waals surface area contributed by atoms with Crippen LogP contribution in [0.1, 0.15) is 32.1 Å². The van der Waals surface area contributed by atoms with Crippen molar-refractivity contribution >= 4 is 39.7 Å². The zero-order valence-electron chi connectivity index (χ0n) is 13.5. The van der Waals surface area contributed by atoms with Crippen LogP contribution in [0.3, 0.4) is 0 Å². The third-order valence-electron chi connectivity index (χ3n) is 3.81. The van der Waals surface area contributed by atoms with Gasteiger partial charge in [-0.25, -0.2) is 4.79 Å².